The number of rotatable bonds is 6. The third-order valence-corrected chi connectivity index (χ3v) is 3.97. The van der Waals surface area contributed by atoms with Crippen molar-refractivity contribution in [3.8, 4) is 0 Å². The number of allylic oxidation sites excluding steroid dienone is 1. The van der Waals surface area contributed by atoms with E-state index in [4.69, 9.17) is 0 Å². The second-order valence-corrected chi connectivity index (χ2v) is 5.70. The van der Waals surface area contributed by atoms with E-state index in [2.05, 4.69) is 27.9 Å². The highest BCUT2D eigenvalue weighted by atomic mass is 35.5. The minimum atomic E-state index is -7.37. The van der Waals surface area contributed by atoms with Crippen LogP contribution in [-0.4, -0.2) is 40.0 Å². The van der Waals surface area contributed by atoms with Gasteiger partial charge < -0.3 is 0 Å². The molecule has 0 aromatic heterocycles. The quantitative estimate of drug-likeness (QED) is 0.266. The molecule has 0 bridgehead atoms. The minimum Gasteiger partial charge on any atom is -0.265 e. The Morgan fingerprint density at radius 3 is 1.35 bits per heavy atom. The first-order chi connectivity index (χ1) is 11.1. The molecule has 0 N–H and O–H groups in total. The first kappa shape index (κ1) is 23.3. The van der Waals surface area contributed by atoms with E-state index >= 15 is 0 Å². The van der Waals surface area contributed by atoms with Crippen molar-refractivity contribution in [3.05, 3.63) is 11.9 Å². The monoisotopic (exact) mass is 460 g/mol. The van der Waals surface area contributed by atoms with Crippen LogP contribution in [-0.2, 0) is 4.74 Å². The van der Waals surface area contributed by atoms with E-state index in [0.717, 1.165) is 0 Å². The molecule has 0 saturated carbocycles. The van der Waals surface area contributed by atoms with Crippen LogP contribution < -0.4 is 0 Å². The van der Waals surface area contributed by atoms with Crippen molar-refractivity contribution in [2.45, 2.75) is 40.0 Å². The Hall–Kier alpha value is -0.700. The molecule has 0 aliphatic carbocycles. The summed E-state index contributed by atoms with van der Waals surface area (Å²) in [5.74, 6) is -31.6. The maximum atomic E-state index is 13.6. The molecular weight excluding hydrogens is 461 g/mol. The van der Waals surface area contributed by atoms with Crippen LogP contribution in [0.1, 0.15) is 0 Å². The number of alkyl halides is 13. The Balaban J connectivity index is 3.54. The number of hydrogen-bond donors (Lipinski definition) is 0. The van der Waals surface area contributed by atoms with Crippen molar-refractivity contribution in [1.82, 2.24) is 0 Å². The van der Waals surface area contributed by atoms with E-state index in [9.17, 15) is 61.5 Å². The van der Waals surface area contributed by atoms with Crippen LogP contribution in [0.4, 0.5) is 61.5 Å². The molecule has 0 spiro atoms. The van der Waals surface area contributed by atoms with Gasteiger partial charge in [0.1, 0.15) is 0 Å². The first-order valence-electron chi connectivity index (χ1n) is 5.43. The zero-order valence-corrected chi connectivity index (χ0v) is 12.5. The normalized spacial score (nSPS) is 28.2. The van der Waals surface area contributed by atoms with Gasteiger partial charge in [-0.15, -0.1) is 0 Å². The molecule has 1 fully saturated rings. The van der Waals surface area contributed by atoms with E-state index in [0.29, 0.717) is 0 Å². The molecule has 1 rings (SSSR count). The molecule has 1 saturated heterocycles. The van der Waals surface area contributed by atoms with Gasteiger partial charge in [-0.1, -0.05) is 23.2 Å². The minimum absolute atomic E-state index is 2.36. The van der Waals surface area contributed by atoms with E-state index < -0.39 is 51.9 Å². The summed E-state index contributed by atoms with van der Waals surface area (Å²) >= 11 is 7.65. The topological polar surface area (TPSA) is 12.5 Å². The van der Waals surface area contributed by atoms with Gasteiger partial charge in [-0.25, -0.2) is 8.78 Å². The van der Waals surface area contributed by atoms with Crippen LogP contribution >= 0.6 is 23.2 Å². The van der Waals surface area contributed by atoms with Crippen LogP contribution in [0.5, 0.6) is 0 Å². The van der Waals surface area contributed by atoms with Crippen molar-refractivity contribution in [2.24, 2.45) is 0 Å². The maximum Gasteiger partial charge on any atom is 0.424 e. The fourth-order valence-electron chi connectivity index (χ4n) is 1.45. The smallest absolute Gasteiger partial charge is 0.265 e. The lowest BCUT2D eigenvalue weighted by Gasteiger charge is -2.41. The van der Waals surface area contributed by atoms with Gasteiger partial charge in [0.2, 0.25) is 5.83 Å². The zero-order chi connectivity index (χ0) is 21.4. The predicted octanol–water partition coefficient (Wildman–Crippen LogP) is 6.07. The molecule has 3 unspecified atom stereocenters. The summed E-state index contributed by atoms with van der Waals surface area (Å²) in [6.07, 6.45) is -9.86. The van der Waals surface area contributed by atoms with Crippen molar-refractivity contribution in [3.63, 3.8) is 0 Å². The van der Waals surface area contributed by atoms with Crippen molar-refractivity contribution in [1.29, 1.82) is 0 Å². The highest BCUT2D eigenvalue weighted by Gasteiger charge is 2.98. The number of ether oxygens (including phenoxy) is 1. The molecule has 17 heteroatoms. The van der Waals surface area contributed by atoms with Crippen LogP contribution in [0.3, 0.4) is 0 Å². The summed E-state index contributed by atoms with van der Waals surface area (Å²) in [4.78, 5) is 0. The van der Waals surface area contributed by atoms with Crippen molar-refractivity contribution in [2.75, 3.05) is 0 Å². The summed E-state index contributed by atoms with van der Waals surface area (Å²) < 4.78 is 183. The van der Waals surface area contributed by atoms with E-state index in [-0.39, 0.29) is 0 Å². The number of epoxide rings is 1. The van der Waals surface area contributed by atoms with Gasteiger partial charge in [-0.05, 0) is 0 Å². The molecule has 1 nitrogen and oxygen atoms in total. The lowest BCUT2D eigenvalue weighted by atomic mass is 9.94. The van der Waals surface area contributed by atoms with Gasteiger partial charge in [0.05, 0.1) is 0 Å². The van der Waals surface area contributed by atoms with Crippen LogP contribution in [0, 0.1) is 0 Å². The molecule has 1 heterocycles. The summed E-state index contributed by atoms with van der Waals surface area (Å²) in [6.45, 7) is 0. The third kappa shape index (κ3) is 2.56. The molecule has 26 heavy (non-hydrogen) atoms. The predicted molar refractivity (Wildman–Crippen MR) is 54.4 cm³/mol. The van der Waals surface area contributed by atoms with Gasteiger partial charge in [0.25, 0.3) is 0 Å². The van der Waals surface area contributed by atoms with Crippen molar-refractivity contribution >= 4 is 23.2 Å². The highest BCUT2D eigenvalue weighted by molar-refractivity contribution is 6.28. The Kier molecular flexibility index (Phi) is 5.08. The fourth-order valence-corrected chi connectivity index (χ4v) is 1.96. The van der Waals surface area contributed by atoms with Gasteiger partial charge in [-0.3, -0.25) is 4.74 Å². The van der Waals surface area contributed by atoms with Gasteiger partial charge in [0, 0.05) is 0 Å². The molecule has 3 atom stereocenters. The Labute approximate surface area is 142 Å². The molecule has 0 amide bonds. The fraction of sp³-hybridized carbons (Fsp3) is 0.778. The summed E-state index contributed by atoms with van der Waals surface area (Å²) in [7, 11) is 0. The van der Waals surface area contributed by atoms with Crippen molar-refractivity contribution < 1.29 is 66.2 Å². The van der Waals surface area contributed by atoms with Gasteiger partial charge in [-0.2, -0.15) is 52.7 Å². The molecule has 0 radical (unpaired) electrons. The number of halogens is 16. The Morgan fingerprint density at radius 2 is 1.08 bits per heavy atom. The lowest BCUT2D eigenvalue weighted by Crippen LogP contribution is -2.69. The molecule has 1 aliphatic rings. The third-order valence-electron chi connectivity index (χ3n) is 3.02. The van der Waals surface area contributed by atoms with E-state index in [1.807, 2.05) is 0 Å². The van der Waals surface area contributed by atoms with E-state index in [1.165, 1.54) is 0 Å². The Bertz CT molecular complexity index is 624. The largest absolute Gasteiger partial charge is 0.424 e. The number of hydrogen-bond acceptors (Lipinski definition) is 1. The SMILES string of the molecule is FC(F)=C(F)C(F)(F)C(F)(Cl)C(F)(F)C(F)(Cl)C(F)(F)C1(F)OC1(F)F. The molecule has 0 aromatic carbocycles. The average molecular weight is 461 g/mol. The van der Waals surface area contributed by atoms with Crippen LogP contribution in [0.2, 0.25) is 0 Å². The summed E-state index contributed by atoms with van der Waals surface area (Å²) in [6, 6.07) is 0. The summed E-state index contributed by atoms with van der Waals surface area (Å²) in [5.41, 5.74) is 0. The lowest BCUT2D eigenvalue weighted by molar-refractivity contribution is -0.302. The molecule has 154 valence electrons. The van der Waals surface area contributed by atoms with E-state index in [1.54, 1.807) is 0 Å². The maximum absolute atomic E-state index is 13.6. The van der Waals surface area contributed by atoms with Crippen LogP contribution in [0.25, 0.3) is 0 Å². The average Bonchev–Trinajstić information content (AvgIpc) is 2.97. The molecular formula is C9Cl2F14O. The standard InChI is InChI=1S/C9Cl2F14O/c10-4(17,3(15,16)1(12)2(13)14)6(19,20)5(11,18)7(21,22)8(23)9(24,25)26-8. The first-order valence-corrected chi connectivity index (χ1v) is 6.19. The second kappa shape index (κ2) is 5.65. The molecule has 1 aliphatic heterocycles. The summed E-state index contributed by atoms with van der Waals surface area (Å²) in [5, 5.41) is -13.7. The van der Waals surface area contributed by atoms with Gasteiger partial charge in [0.15, 0.2) is 0 Å². The zero-order valence-electron chi connectivity index (χ0n) is 11.0. The van der Waals surface area contributed by atoms with Gasteiger partial charge >= 0.3 is 46.1 Å². The Morgan fingerprint density at radius 1 is 0.731 bits per heavy atom. The van der Waals surface area contributed by atoms with Crippen LogP contribution in [0.15, 0.2) is 11.9 Å². The second-order valence-electron chi connectivity index (χ2n) is 4.66. The highest BCUT2D eigenvalue weighted by Crippen LogP contribution is 2.69. The molecule has 0 aromatic rings.